The van der Waals surface area contributed by atoms with Gasteiger partial charge in [0.1, 0.15) is 17.1 Å². The zero-order chi connectivity index (χ0) is 19.5. The molecule has 2 aromatic rings. The van der Waals surface area contributed by atoms with E-state index in [1.807, 2.05) is 6.07 Å². The minimum Gasteiger partial charge on any atom is -0.507 e. The lowest BCUT2D eigenvalue weighted by atomic mass is 9.78. The van der Waals surface area contributed by atoms with Gasteiger partial charge in [-0.05, 0) is 29.4 Å². The molecule has 0 saturated carbocycles. The van der Waals surface area contributed by atoms with E-state index in [0.29, 0.717) is 5.75 Å². The fourth-order valence-electron chi connectivity index (χ4n) is 3.76. The Morgan fingerprint density at radius 1 is 0.846 bits per heavy atom. The smallest absolute Gasteiger partial charge is 0.135 e. The molecular formula is C24H38O2. The third kappa shape index (κ3) is 4.84. The zero-order valence-electron chi connectivity index (χ0n) is 18.0. The first-order valence-corrected chi connectivity index (χ1v) is 10.3. The van der Waals surface area contributed by atoms with Crippen LogP contribution in [-0.2, 0) is 17.3 Å². The molecule has 0 spiro atoms. The van der Waals surface area contributed by atoms with Crippen LogP contribution in [-0.4, -0.2) is 5.11 Å². The van der Waals surface area contributed by atoms with Crippen molar-refractivity contribution in [1.82, 2.24) is 0 Å². The van der Waals surface area contributed by atoms with E-state index in [4.69, 9.17) is 4.42 Å². The molecule has 0 saturated heterocycles. The Balaban J connectivity index is 2.32. The van der Waals surface area contributed by atoms with Gasteiger partial charge in [0.25, 0.3) is 0 Å². The number of hydrogen-bond donors (Lipinski definition) is 1. The number of phenols is 1. The maximum Gasteiger partial charge on any atom is 0.135 e. The Hall–Kier alpha value is -1.44. The lowest BCUT2D eigenvalue weighted by Crippen LogP contribution is -2.17. The lowest BCUT2D eigenvalue weighted by molar-refractivity contribution is 0.425. The van der Waals surface area contributed by atoms with Crippen LogP contribution in [0.25, 0.3) is 11.0 Å². The van der Waals surface area contributed by atoms with Crippen molar-refractivity contribution >= 4 is 11.0 Å². The number of phenolic OH excluding ortho intramolecular Hbond substituents is 1. The van der Waals surface area contributed by atoms with Crippen LogP contribution in [0.5, 0.6) is 5.75 Å². The zero-order valence-corrected chi connectivity index (χ0v) is 18.0. The van der Waals surface area contributed by atoms with Gasteiger partial charge in [0.15, 0.2) is 0 Å². The lowest BCUT2D eigenvalue weighted by Gasteiger charge is -2.27. The second-order valence-corrected chi connectivity index (χ2v) is 9.79. The van der Waals surface area contributed by atoms with Gasteiger partial charge in [-0.1, -0.05) is 80.6 Å². The van der Waals surface area contributed by atoms with E-state index in [1.165, 1.54) is 38.5 Å². The number of hydrogen-bond acceptors (Lipinski definition) is 2. The molecule has 146 valence electrons. The van der Waals surface area contributed by atoms with E-state index in [1.54, 1.807) is 0 Å². The molecule has 2 nitrogen and oxygen atoms in total. The first kappa shape index (κ1) is 20.9. The highest BCUT2D eigenvalue weighted by Crippen LogP contribution is 2.44. The SMILES string of the molecule is CCCCCCCCc1cc2c(C(C)(C)C)c(O)c(C(C)(C)C)cc2o1. The summed E-state index contributed by atoms with van der Waals surface area (Å²) in [6.07, 6.45) is 8.71. The summed E-state index contributed by atoms with van der Waals surface area (Å²) >= 11 is 0. The van der Waals surface area contributed by atoms with Gasteiger partial charge in [-0.15, -0.1) is 0 Å². The van der Waals surface area contributed by atoms with Gasteiger partial charge < -0.3 is 9.52 Å². The minimum absolute atomic E-state index is 0.121. The highest BCUT2D eigenvalue weighted by Gasteiger charge is 2.29. The highest BCUT2D eigenvalue weighted by atomic mass is 16.3. The third-order valence-electron chi connectivity index (χ3n) is 5.18. The number of unbranched alkanes of at least 4 members (excludes halogenated alkanes) is 5. The Morgan fingerprint density at radius 2 is 1.46 bits per heavy atom. The summed E-state index contributed by atoms with van der Waals surface area (Å²) in [5.74, 6) is 1.48. The molecule has 2 rings (SSSR count). The van der Waals surface area contributed by atoms with Gasteiger partial charge in [0.2, 0.25) is 0 Å². The van der Waals surface area contributed by atoms with Gasteiger partial charge in [0.05, 0.1) is 0 Å². The summed E-state index contributed by atoms with van der Waals surface area (Å²) in [7, 11) is 0. The molecule has 0 aliphatic rings. The highest BCUT2D eigenvalue weighted by molar-refractivity contribution is 5.87. The molecular weight excluding hydrogens is 320 g/mol. The van der Waals surface area contributed by atoms with Crippen molar-refractivity contribution in [3.8, 4) is 5.75 Å². The number of benzene rings is 1. The van der Waals surface area contributed by atoms with Gasteiger partial charge in [-0.3, -0.25) is 0 Å². The fourth-order valence-corrected chi connectivity index (χ4v) is 3.76. The Bertz CT molecular complexity index is 723. The van der Waals surface area contributed by atoms with E-state index < -0.39 is 0 Å². The normalized spacial score (nSPS) is 12.9. The van der Waals surface area contributed by atoms with E-state index in [0.717, 1.165) is 34.3 Å². The van der Waals surface area contributed by atoms with Gasteiger partial charge in [0, 0.05) is 22.9 Å². The topological polar surface area (TPSA) is 33.4 Å². The quantitative estimate of drug-likeness (QED) is 0.516. The van der Waals surface area contributed by atoms with Crippen molar-refractivity contribution in [2.45, 2.75) is 104 Å². The summed E-state index contributed by atoms with van der Waals surface area (Å²) in [5, 5.41) is 12.1. The summed E-state index contributed by atoms with van der Waals surface area (Å²) in [6, 6.07) is 4.21. The third-order valence-corrected chi connectivity index (χ3v) is 5.18. The molecule has 0 atom stereocenters. The molecule has 26 heavy (non-hydrogen) atoms. The molecule has 1 heterocycles. The Kier molecular flexibility index (Phi) is 6.47. The summed E-state index contributed by atoms with van der Waals surface area (Å²) < 4.78 is 6.21. The molecule has 1 aromatic carbocycles. The average molecular weight is 359 g/mol. The number of fused-ring (bicyclic) bond motifs is 1. The number of aryl methyl sites for hydroxylation is 1. The van der Waals surface area contributed by atoms with Crippen LogP contribution < -0.4 is 0 Å². The standard InChI is InChI=1S/C24H38O2/c1-8-9-10-11-12-13-14-17-15-18-20(26-17)16-19(23(2,3)4)22(25)21(18)24(5,6)7/h15-16,25H,8-14H2,1-7H3. The monoisotopic (exact) mass is 358 g/mol. The molecule has 0 fully saturated rings. The van der Waals surface area contributed by atoms with Crippen LogP contribution in [0.1, 0.15) is 104 Å². The predicted octanol–water partition coefficient (Wildman–Crippen LogP) is 7.64. The maximum atomic E-state index is 11.0. The molecule has 0 bridgehead atoms. The van der Waals surface area contributed by atoms with E-state index in [9.17, 15) is 5.11 Å². The van der Waals surface area contributed by atoms with Crippen LogP contribution in [0.3, 0.4) is 0 Å². The van der Waals surface area contributed by atoms with Gasteiger partial charge >= 0.3 is 0 Å². The van der Waals surface area contributed by atoms with Crippen molar-refractivity contribution in [2.75, 3.05) is 0 Å². The largest absolute Gasteiger partial charge is 0.507 e. The van der Waals surface area contributed by atoms with Crippen LogP contribution in [0, 0.1) is 0 Å². The molecule has 1 N–H and O–H groups in total. The van der Waals surface area contributed by atoms with Crippen molar-refractivity contribution < 1.29 is 9.52 Å². The number of furan rings is 1. The predicted molar refractivity (Wildman–Crippen MR) is 112 cm³/mol. The minimum atomic E-state index is -0.134. The second-order valence-electron chi connectivity index (χ2n) is 9.79. The van der Waals surface area contributed by atoms with Crippen molar-refractivity contribution in [1.29, 1.82) is 0 Å². The molecule has 0 unspecified atom stereocenters. The van der Waals surface area contributed by atoms with Gasteiger partial charge in [-0.25, -0.2) is 0 Å². The molecule has 0 aliphatic heterocycles. The van der Waals surface area contributed by atoms with E-state index in [-0.39, 0.29) is 10.8 Å². The Labute approximate surface area is 160 Å². The van der Waals surface area contributed by atoms with Crippen molar-refractivity contribution in [3.63, 3.8) is 0 Å². The maximum absolute atomic E-state index is 11.0. The van der Waals surface area contributed by atoms with Crippen LogP contribution in [0.15, 0.2) is 16.5 Å². The average Bonchev–Trinajstić information content (AvgIpc) is 2.89. The fraction of sp³-hybridized carbons (Fsp3) is 0.667. The second kappa shape index (κ2) is 8.06. The van der Waals surface area contributed by atoms with Crippen LogP contribution in [0.4, 0.5) is 0 Å². The van der Waals surface area contributed by atoms with Crippen molar-refractivity contribution in [3.05, 3.63) is 29.0 Å². The van der Waals surface area contributed by atoms with E-state index in [2.05, 4.69) is 54.5 Å². The first-order valence-electron chi connectivity index (χ1n) is 10.3. The molecule has 0 radical (unpaired) electrons. The van der Waals surface area contributed by atoms with Crippen molar-refractivity contribution in [2.24, 2.45) is 0 Å². The van der Waals surface area contributed by atoms with Crippen LogP contribution >= 0.6 is 0 Å². The first-order chi connectivity index (χ1) is 12.1. The molecule has 0 amide bonds. The van der Waals surface area contributed by atoms with Gasteiger partial charge in [-0.2, -0.15) is 0 Å². The summed E-state index contributed by atoms with van der Waals surface area (Å²) in [6.45, 7) is 15.2. The summed E-state index contributed by atoms with van der Waals surface area (Å²) in [4.78, 5) is 0. The molecule has 2 heteroatoms. The Morgan fingerprint density at radius 3 is 2.04 bits per heavy atom. The number of aromatic hydroxyl groups is 1. The van der Waals surface area contributed by atoms with Crippen LogP contribution in [0.2, 0.25) is 0 Å². The van der Waals surface area contributed by atoms with E-state index >= 15 is 0 Å². The summed E-state index contributed by atoms with van der Waals surface area (Å²) in [5.41, 5.74) is 2.64. The molecule has 0 aliphatic carbocycles. The molecule has 1 aromatic heterocycles. The number of rotatable bonds is 7.